The normalized spacial score (nSPS) is 35.3. The van der Waals surface area contributed by atoms with Crippen LogP contribution in [0.4, 0.5) is 0 Å². The highest BCUT2D eigenvalue weighted by molar-refractivity contribution is 8.00. The number of allylic oxidation sites excluding steroid dienone is 3. The van der Waals surface area contributed by atoms with Gasteiger partial charge in [0.2, 0.25) is 9.84 Å². The molecule has 1 saturated carbocycles. The Hall–Kier alpha value is -0.590. The monoisotopic (exact) mass is 468 g/mol. The maximum atomic E-state index is 13.2. The third kappa shape index (κ3) is 1.87. The lowest BCUT2D eigenvalue weighted by molar-refractivity contribution is 0.385. The summed E-state index contributed by atoms with van der Waals surface area (Å²) in [5, 5.41) is -0.150. The van der Waals surface area contributed by atoms with Crippen LogP contribution in [0.25, 0.3) is 0 Å². The molecule has 0 unspecified atom stereocenters. The lowest BCUT2D eigenvalue weighted by Crippen LogP contribution is -2.50. The minimum absolute atomic E-state index is 0.150. The Morgan fingerprint density at radius 3 is 1.93 bits per heavy atom. The van der Waals surface area contributed by atoms with E-state index in [0.717, 1.165) is 16.7 Å². The van der Waals surface area contributed by atoms with Crippen molar-refractivity contribution in [3.63, 3.8) is 0 Å². The minimum atomic E-state index is -4.18. The molecule has 4 nitrogen and oxygen atoms in total. The van der Waals surface area contributed by atoms with Crippen LogP contribution in [0.1, 0.15) is 36.8 Å². The summed E-state index contributed by atoms with van der Waals surface area (Å²) < 4.78 is 35.1. The van der Waals surface area contributed by atoms with Crippen LogP contribution in [-0.2, 0) is 9.84 Å². The van der Waals surface area contributed by atoms with Gasteiger partial charge in [0.05, 0.1) is 19.3 Å². The van der Waals surface area contributed by atoms with Crippen LogP contribution in [-0.4, -0.2) is 31.7 Å². The first kappa shape index (κ1) is 19.7. The summed E-state index contributed by atoms with van der Waals surface area (Å²) in [4.78, 5) is -1.63. The Bertz CT molecular complexity index is 1060. The van der Waals surface area contributed by atoms with Gasteiger partial charge in [-0.1, -0.05) is 45.9 Å². The topological polar surface area (TPSA) is 52.6 Å². The zero-order valence-corrected chi connectivity index (χ0v) is 18.7. The van der Waals surface area contributed by atoms with Gasteiger partial charge in [-0.25, -0.2) is 8.42 Å². The molecule has 4 rings (SSSR count). The number of benzene rings is 1. The van der Waals surface area contributed by atoms with Gasteiger partial charge >= 0.3 is 0 Å². The van der Waals surface area contributed by atoms with E-state index in [1.54, 1.807) is 19.2 Å². The third-order valence-corrected chi connectivity index (χ3v) is 11.5. The number of hydrogen-bond donors (Lipinski definition) is 0. The maximum Gasteiger partial charge on any atom is 0.213 e. The van der Waals surface area contributed by atoms with E-state index in [-0.39, 0.29) is 5.03 Å². The lowest BCUT2D eigenvalue weighted by atomic mass is 9.81. The molecule has 1 heterocycles. The minimum Gasteiger partial charge on any atom is -0.496 e. The molecule has 1 aromatic rings. The number of rotatable bonds is 2. The summed E-state index contributed by atoms with van der Waals surface area (Å²) in [6.45, 7) is 3.79. The molecule has 9 heteroatoms. The number of fused-ring (bicyclic) bond motifs is 8. The van der Waals surface area contributed by atoms with Crippen molar-refractivity contribution in [2.45, 2.75) is 34.8 Å². The summed E-state index contributed by atoms with van der Waals surface area (Å²) in [5.74, 6) is -0.280. The van der Waals surface area contributed by atoms with E-state index in [9.17, 15) is 8.42 Å². The van der Waals surface area contributed by atoms with Crippen molar-refractivity contribution >= 4 is 56.2 Å². The average Bonchev–Trinajstić information content (AvgIpc) is 3.13. The predicted molar refractivity (Wildman–Crippen MR) is 108 cm³/mol. The standard InChI is InChI=1S/C18H16Cl4O4S/c1-7(2)10-13-11-8(25-3)5-6-9(26-4)12(11)14(10)18(22)17(13,21)15(19)16(20)27(18,23)24/h5-6,13-14H,1-4H3/t13-,14-,17+,18+/m0/s1. The number of alkyl halides is 2. The quantitative estimate of drug-likeness (QED) is 0.440. The van der Waals surface area contributed by atoms with E-state index in [4.69, 9.17) is 55.9 Å². The Morgan fingerprint density at radius 1 is 1.00 bits per heavy atom. The van der Waals surface area contributed by atoms with Crippen LogP contribution in [0.3, 0.4) is 0 Å². The number of methoxy groups -OCH3 is 2. The molecule has 0 N–H and O–H groups in total. The van der Waals surface area contributed by atoms with E-state index in [1.807, 2.05) is 13.8 Å². The molecule has 1 fully saturated rings. The van der Waals surface area contributed by atoms with Gasteiger partial charge in [-0.05, 0) is 26.0 Å². The van der Waals surface area contributed by atoms with E-state index in [0.29, 0.717) is 17.1 Å². The van der Waals surface area contributed by atoms with E-state index in [2.05, 4.69) is 0 Å². The molecular weight excluding hydrogens is 454 g/mol. The van der Waals surface area contributed by atoms with Crippen LogP contribution >= 0.6 is 46.4 Å². The summed E-state index contributed by atoms with van der Waals surface area (Å²) in [6.07, 6.45) is 0. The zero-order valence-electron chi connectivity index (χ0n) is 14.9. The highest BCUT2D eigenvalue weighted by Crippen LogP contribution is 2.80. The van der Waals surface area contributed by atoms with E-state index >= 15 is 0 Å². The average molecular weight is 470 g/mol. The molecule has 0 spiro atoms. The van der Waals surface area contributed by atoms with Crippen LogP contribution in [0.2, 0.25) is 0 Å². The molecule has 1 aliphatic heterocycles. The molecule has 4 atom stereocenters. The van der Waals surface area contributed by atoms with Crippen LogP contribution in [0.5, 0.6) is 11.5 Å². The number of ether oxygens (including phenoxy) is 2. The summed E-state index contributed by atoms with van der Waals surface area (Å²) in [6, 6.07) is 3.50. The SMILES string of the molecule is COc1ccc(OC)c2c1[C@@H]1C(=C(C)C)[C@@H]2[C@]2(Cl)[C@]1(Cl)C(Cl)=C(Cl)S2(=O)=O. The Kier molecular flexibility index (Phi) is 4.18. The van der Waals surface area contributed by atoms with Crippen molar-refractivity contribution in [3.8, 4) is 11.5 Å². The van der Waals surface area contributed by atoms with Crippen molar-refractivity contribution in [1.29, 1.82) is 0 Å². The molecule has 0 aromatic heterocycles. The van der Waals surface area contributed by atoms with Crippen LogP contribution < -0.4 is 9.47 Å². The summed E-state index contributed by atoms with van der Waals surface area (Å²) in [7, 11) is -1.12. The van der Waals surface area contributed by atoms with E-state index in [1.165, 1.54) is 7.11 Å². The second-order valence-corrected chi connectivity index (χ2v) is 11.5. The molecule has 0 amide bonds. The molecule has 3 aliphatic rings. The molecule has 1 aromatic carbocycles. The highest BCUT2D eigenvalue weighted by atomic mass is 35.5. The summed E-state index contributed by atoms with van der Waals surface area (Å²) >= 11 is 26.5. The third-order valence-electron chi connectivity index (χ3n) is 5.81. The van der Waals surface area contributed by atoms with Crippen LogP contribution in [0.15, 0.2) is 32.7 Å². The van der Waals surface area contributed by atoms with Crippen molar-refractivity contribution in [2.24, 2.45) is 0 Å². The molecule has 27 heavy (non-hydrogen) atoms. The number of sulfone groups is 1. The van der Waals surface area contributed by atoms with Gasteiger partial charge in [0.15, 0.2) is 8.57 Å². The van der Waals surface area contributed by atoms with Crippen molar-refractivity contribution < 1.29 is 17.9 Å². The molecular formula is C18H16Cl4O4S. The smallest absolute Gasteiger partial charge is 0.213 e. The van der Waals surface area contributed by atoms with Gasteiger partial charge in [-0.2, -0.15) is 0 Å². The maximum absolute atomic E-state index is 13.2. The Balaban J connectivity index is 2.23. The fraction of sp³-hybridized carbons (Fsp3) is 0.444. The molecule has 2 bridgehead atoms. The second kappa shape index (κ2) is 5.73. The van der Waals surface area contributed by atoms with Gasteiger partial charge in [0.1, 0.15) is 16.4 Å². The Morgan fingerprint density at radius 2 is 1.48 bits per heavy atom. The fourth-order valence-corrected chi connectivity index (χ4v) is 9.45. The molecule has 146 valence electrons. The van der Waals surface area contributed by atoms with E-state index < -0.39 is 35.1 Å². The number of hydrogen-bond acceptors (Lipinski definition) is 4. The molecule has 2 aliphatic carbocycles. The second-order valence-electron chi connectivity index (χ2n) is 7.07. The largest absolute Gasteiger partial charge is 0.496 e. The van der Waals surface area contributed by atoms with Crippen LogP contribution in [0, 0.1) is 0 Å². The highest BCUT2D eigenvalue weighted by Gasteiger charge is 2.82. The zero-order chi connectivity index (χ0) is 20.1. The molecule has 0 radical (unpaired) electrons. The first-order valence-corrected chi connectivity index (χ1v) is 11.1. The van der Waals surface area contributed by atoms with Crippen molar-refractivity contribution in [2.75, 3.05) is 14.2 Å². The predicted octanol–water partition coefficient (Wildman–Crippen LogP) is 5.22. The van der Waals surface area contributed by atoms with Gasteiger partial charge in [0.25, 0.3) is 0 Å². The number of halogens is 4. The van der Waals surface area contributed by atoms with Gasteiger partial charge < -0.3 is 9.47 Å². The van der Waals surface area contributed by atoms with Crippen molar-refractivity contribution in [3.05, 3.63) is 43.8 Å². The van der Waals surface area contributed by atoms with Gasteiger partial charge in [-0.3, -0.25) is 0 Å². The first-order valence-electron chi connectivity index (χ1n) is 8.11. The summed E-state index contributed by atoms with van der Waals surface area (Å²) in [5.41, 5.74) is 3.12. The lowest BCUT2D eigenvalue weighted by Gasteiger charge is -2.40. The Labute approximate surface area is 177 Å². The fourth-order valence-electron chi connectivity index (χ4n) is 4.83. The molecule has 0 saturated heterocycles. The van der Waals surface area contributed by atoms with Gasteiger partial charge in [-0.15, -0.1) is 11.6 Å². The van der Waals surface area contributed by atoms with Crippen molar-refractivity contribution in [1.82, 2.24) is 0 Å². The first-order chi connectivity index (χ1) is 12.5. The van der Waals surface area contributed by atoms with Gasteiger partial charge in [0, 0.05) is 23.0 Å².